The molecule has 10 nitrogen and oxygen atoms in total. The fourth-order valence-electron chi connectivity index (χ4n) is 4.97. The van der Waals surface area contributed by atoms with E-state index in [2.05, 4.69) is 20.3 Å². The minimum Gasteiger partial charge on any atom is -0.361 e. The van der Waals surface area contributed by atoms with Crippen LogP contribution < -0.4 is 16.7 Å². The molecule has 3 aromatic heterocycles. The molecule has 1 fully saturated rings. The van der Waals surface area contributed by atoms with E-state index < -0.39 is 11.6 Å². The molecule has 1 atom stereocenters. The van der Waals surface area contributed by atoms with Crippen LogP contribution in [-0.4, -0.2) is 60.9 Å². The molecule has 0 spiro atoms. The molecule has 4 aromatic rings. The van der Waals surface area contributed by atoms with E-state index in [4.69, 9.17) is 5.73 Å². The number of nitrogens with two attached hydrogens (primary N) is 1. The van der Waals surface area contributed by atoms with E-state index >= 15 is 0 Å². The number of aromatic nitrogens is 4. The first-order valence-corrected chi connectivity index (χ1v) is 12.2. The lowest BCUT2D eigenvalue weighted by Crippen LogP contribution is -2.57. The minimum atomic E-state index is -1.11. The first-order valence-electron chi connectivity index (χ1n) is 12.2. The summed E-state index contributed by atoms with van der Waals surface area (Å²) in [4.78, 5) is 51.0. The van der Waals surface area contributed by atoms with E-state index in [0.717, 1.165) is 22.0 Å². The van der Waals surface area contributed by atoms with Crippen molar-refractivity contribution < 1.29 is 9.59 Å². The number of benzene rings is 1. The second-order valence-electron chi connectivity index (χ2n) is 10.1. The number of para-hydroxylation sites is 1. The maximum Gasteiger partial charge on any atom is 0.326 e. The smallest absolute Gasteiger partial charge is 0.326 e. The van der Waals surface area contributed by atoms with Gasteiger partial charge in [-0.2, -0.15) is 0 Å². The molecule has 5 N–H and O–H groups in total. The molecule has 38 heavy (non-hydrogen) atoms. The maximum absolute atomic E-state index is 13.7. The topological polar surface area (TPSA) is 142 Å². The Hall–Kier alpha value is -3.34. The largest absolute Gasteiger partial charge is 0.361 e. The van der Waals surface area contributed by atoms with Gasteiger partial charge >= 0.3 is 5.69 Å². The number of fused-ring (bicyclic) bond motifs is 2. The Bertz CT molecular complexity index is 1480. The van der Waals surface area contributed by atoms with E-state index in [-0.39, 0.29) is 48.4 Å². The maximum atomic E-state index is 13.7. The molecule has 0 radical (unpaired) electrons. The van der Waals surface area contributed by atoms with Crippen molar-refractivity contribution in [2.24, 2.45) is 5.73 Å². The van der Waals surface area contributed by atoms with Crippen LogP contribution in [0, 0.1) is 0 Å². The molecule has 1 aliphatic rings. The Morgan fingerprint density at radius 3 is 2.58 bits per heavy atom. The van der Waals surface area contributed by atoms with E-state index in [1.807, 2.05) is 36.5 Å². The van der Waals surface area contributed by atoms with Crippen LogP contribution in [0.1, 0.15) is 38.3 Å². The van der Waals surface area contributed by atoms with Crippen LogP contribution in [0.3, 0.4) is 0 Å². The summed E-state index contributed by atoms with van der Waals surface area (Å²) in [5.41, 5.74) is 8.18. The molecule has 204 valence electrons. The van der Waals surface area contributed by atoms with Gasteiger partial charge in [0.15, 0.2) is 0 Å². The molecule has 4 heterocycles. The lowest BCUT2D eigenvalue weighted by atomic mass is 9.99. The molecule has 0 aliphatic carbocycles. The predicted molar refractivity (Wildman–Crippen MR) is 152 cm³/mol. The number of nitrogens with zero attached hydrogens (tertiary/aromatic N) is 3. The van der Waals surface area contributed by atoms with Crippen molar-refractivity contribution >= 4 is 58.6 Å². The van der Waals surface area contributed by atoms with Crippen molar-refractivity contribution in [1.29, 1.82) is 0 Å². The Balaban J connectivity index is 0.00000200. The number of amides is 2. The number of pyridine rings is 1. The van der Waals surface area contributed by atoms with Gasteiger partial charge in [-0.3, -0.25) is 19.1 Å². The zero-order valence-electron chi connectivity index (χ0n) is 21.3. The average molecular weight is 563 g/mol. The van der Waals surface area contributed by atoms with Gasteiger partial charge in [0.05, 0.1) is 22.8 Å². The van der Waals surface area contributed by atoms with Crippen molar-refractivity contribution in [2.45, 2.75) is 50.7 Å². The van der Waals surface area contributed by atoms with Crippen LogP contribution in [0.2, 0.25) is 0 Å². The van der Waals surface area contributed by atoms with Crippen LogP contribution in [0.5, 0.6) is 0 Å². The summed E-state index contributed by atoms with van der Waals surface area (Å²) in [6, 6.07) is 8.92. The number of halogens is 2. The van der Waals surface area contributed by atoms with Gasteiger partial charge in [-0.05, 0) is 44.4 Å². The number of hydrogen-bond donors (Lipinski definition) is 4. The van der Waals surface area contributed by atoms with Crippen LogP contribution in [0.25, 0.3) is 21.9 Å². The first kappa shape index (κ1) is 29.2. The molecule has 0 bridgehead atoms. The number of carbonyl (C=O) groups excluding carboxylic acids is 2. The van der Waals surface area contributed by atoms with Gasteiger partial charge < -0.3 is 25.9 Å². The average Bonchev–Trinajstić information content (AvgIpc) is 3.42. The van der Waals surface area contributed by atoms with Gasteiger partial charge in [-0.15, -0.1) is 24.8 Å². The third-order valence-corrected chi connectivity index (χ3v) is 6.95. The van der Waals surface area contributed by atoms with E-state index in [1.165, 1.54) is 0 Å². The molecule has 0 saturated carbocycles. The third kappa shape index (κ3) is 5.72. The van der Waals surface area contributed by atoms with Crippen molar-refractivity contribution in [2.75, 3.05) is 13.1 Å². The summed E-state index contributed by atoms with van der Waals surface area (Å²) in [5.74, 6) is -0.527. The van der Waals surface area contributed by atoms with Crippen molar-refractivity contribution in [3.05, 3.63) is 65.0 Å². The number of aromatic amines is 2. The summed E-state index contributed by atoms with van der Waals surface area (Å²) in [5, 5.41) is 3.91. The molecule has 12 heteroatoms. The Kier molecular flexibility index (Phi) is 8.91. The number of rotatable bonds is 6. The normalized spacial score (nSPS) is 15.1. The number of carbonyl (C=O) groups is 2. The van der Waals surface area contributed by atoms with Gasteiger partial charge in [0.2, 0.25) is 11.8 Å². The summed E-state index contributed by atoms with van der Waals surface area (Å²) >= 11 is 0. The summed E-state index contributed by atoms with van der Waals surface area (Å²) in [7, 11) is 0. The van der Waals surface area contributed by atoms with Gasteiger partial charge in [-0.25, -0.2) is 4.79 Å². The van der Waals surface area contributed by atoms with Crippen LogP contribution >= 0.6 is 24.8 Å². The lowest BCUT2D eigenvalue weighted by molar-refractivity contribution is -0.138. The molecule has 5 rings (SSSR count). The van der Waals surface area contributed by atoms with E-state index in [9.17, 15) is 14.4 Å². The Morgan fingerprint density at radius 2 is 1.87 bits per heavy atom. The summed E-state index contributed by atoms with van der Waals surface area (Å²) < 4.78 is 1.76. The summed E-state index contributed by atoms with van der Waals surface area (Å²) in [6.07, 6.45) is 6.81. The molecular formula is C26H33Cl2N7O3. The van der Waals surface area contributed by atoms with Gasteiger partial charge in [-0.1, -0.05) is 18.2 Å². The highest BCUT2D eigenvalue weighted by Crippen LogP contribution is 2.26. The fourth-order valence-corrected chi connectivity index (χ4v) is 4.97. The lowest BCUT2D eigenvalue weighted by Gasteiger charge is -2.35. The van der Waals surface area contributed by atoms with Crippen LogP contribution in [0.4, 0.5) is 0 Å². The third-order valence-electron chi connectivity index (χ3n) is 6.95. The van der Waals surface area contributed by atoms with Crippen molar-refractivity contribution in [1.82, 2.24) is 29.7 Å². The molecule has 0 unspecified atom stereocenters. The Morgan fingerprint density at radius 1 is 1.16 bits per heavy atom. The number of H-pyrrole nitrogens is 2. The monoisotopic (exact) mass is 561 g/mol. The van der Waals surface area contributed by atoms with Crippen LogP contribution in [0.15, 0.2) is 53.7 Å². The number of hydrogen-bond acceptors (Lipinski definition) is 5. The molecular weight excluding hydrogens is 529 g/mol. The summed E-state index contributed by atoms with van der Waals surface area (Å²) in [6.45, 7) is 4.21. The highest BCUT2D eigenvalue weighted by atomic mass is 35.5. The SMILES string of the molecule is CC(C)(N)C(=O)N[C@H](Cc1c[nH]c2ccccc12)C(=O)N1CCC(n2c(=O)[nH]c3cnccc32)CC1.Cl.Cl. The van der Waals surface area contributed by atoms with Crippen molar-refractivity contribution in [3.8, 4) is 0 Å². The molecule has 2 amide bonds. The zero-order valence-corrected chi connectivity index (χ0v) is 22.9. The number of nitrogens with one attached hydrogen (secondary N) is 3. The van der Waals surface area contributed by atoms with E-state index in [0.29, 0.717) is 37.9 Å². The van der Waals surface area contributed by atoms with Crippen LogP contribution in [-0.2, 0) is 16.0 Å². The predicted octanol–water partition coefficient (Wildman–Crippen LogP) is 2.68. The number of imidazole rings is 1. The fraction of sp³-hybridized carbons (Fsp3) is 0.385. The second-order valence-corrected chi connectivity index (χ2v) is 10.1. The highest BCUT2D eigenvalue weighted by molar-refractivity contribution is 5.92. The standard InChI is InChI=1S/C26H31N7O3.2ClH/c1-26(2,27)24(35)30-20(13-16-14-29-19-6-4-3-5-18(16)19)23(34)32-11-8-17(9-12-32)33-22-7-10-28-15-21(22)31-25(33)36;;/h3-7,10,14-15,17,20,29H,8-9,11-13,27H2,1-2H3,(H,30,35)(H,31,36);2*1H/t20-;;/m1../s1. The molecule has 1 aromatic carbocycles. The number of piperidine rings is 1. The van der Waals surface area contributed by atoms with Gasteiger partial charge in [0.1, 0.15) is 6.04 Å². The first-order chi connectivity index (χ1) is 17.2. The van der Waals surface area contributed by atoms with Gasteiger partial charge in [0, 0.05) is 48.8 Å². The quantitative estimate of drug-likeness (QED) is 0.286. The Labute approximate surface area is 232 Å². The zero-order chi connectivity index (χ0) is 25.4. The highest BCUT2D eigenvalue weighted by Gasteiger charge is 2.33. The van der Waals surface area contributed by atoms with Crippen molar-refractivity contribution in [3.63, 3.8) is 0 Å². The minimum absolute atomic E-state index is 0. The molecule has 1 saturated heterocycles. The molecule has 1 aliphatic heterocycles. The second kappa shape index (κ2) is 11.6. The van der Waals surface area contributed by atoms with Gasteiger partial charge in [0.25, 0.3) is 0 Å². The number of likely N-dealkylation sites (tertiary alicyclic amines) is 1. The van der Waals surface area contributed by atoms with E-state index in [1.54, 1.807) is 35.7 Å².